The Morgan fingerprint density at radius 2 is 1.62 bits per heavy atom. The maximum Gasteiger partial charge on any atom is 0.183 e. The summed E-state index contributed by atoms with van der Waals surface area (Å²) in [5, 5.41) is 9.15. The van der Waals surface area contributed by atoms with Crippen LogP contribution in [0.25, 0.3) is 0 Å². The van der Waals surface area contributed by atoms with Gasteiger partial charge >= 0.3 is 0 Å². The highest BCUT2D eigenvalue weighted by Gasteiger charge is 2.59. The van der Waals surface area contributed by atoms with Crippen molar-refractivity contribution in [3.63, 3.8) is 0 Å². The molecule has 2 aromatic rings. The van der Waals surface area contributed by atoms with Gasteiger partial charge in [-0.05, 0) is 29.8 Å². The summed E-state index contributed by atoms with van der Waals surface area (Å²) in [5.41, 5.74) is 0.843. The number of sulfone groups is 1. The van der Waals surface area contributed by atoms with Gasteiger partial charge in [-0.1, -0.05) is 41.9 Å². The molecule has 0 aliphatic heterocycles. The van der Waals surface area contributed by atoms with Crippen LogP contribution < -0.4 is 0 Å². The second-order valence-corrected chi connectivity index (χ2v) is 7.60. The Hall–Kier alpha value is -1.83. The average molecular weight is 318 g/mol. The maximum absolute atomic E-state index is 12.6. The van der Waals surface area contributed by atoms with E-state index in [-0.39, 0.29) is 10.8 Å². The lowest BCUT2D eigenvalue weighted by atomic mass is 10.1. The second kappa shape index (κ2) is 5.18. The number of hydrogen-bond acceptors (Lipinski definition) is 3. The largest absolute Gasteiger partial charge is 0.223 e. The predicted molar refractivity (Wildman–Crippen MR) is 80.7 cm³/mol. The number of hydrogen-bond donors (Lipinski definition) is 0. The first-order valence-electron chi connectivity index (χ1n) is 6.50. The topological polar surface area (TPSA) is 57.9 Å². The van der Waals surface area contributed by atoms with Crippen LogP contribution in [-0.4, -0.2) is 13.7 Å². The fourth-order valence-electron chi connectivity index (χ4n) is 2.67. The zero-order chi connectivity index (χ0) is 15.0. The normalized spacial score (nSPS) is 24.3. The fraction of sp³-hybridized carbons (Fsp3) is 0.188. The van der Waals surface area contributed by atoms with Gasteiger partial charge in [-0.25, -0.2) is 8.42 Å². The molecule has 5 heteroatoms. The molecule has 1 saturated carbocycles. The Morgan fingerprint density at radius 1 is 1.00 bits per heavy atom. The molecule has 0 unspecified atom stereocenters. The average Bonchev–Trinajstić information content (AvgIpc) is 3.24. The molecule has 1 aliphatic rings. The highest BCUT2D eigenvalue weighted by molar-refractivity contribution is 7.92. The number of halogens is 1. The summed E-state index contributed by atoms with van der Waals surface area (Å²) in [6.45, 7) is 0. The highest BCUT2D eigenvalue weighted by atomic mass is 35.5. The minimum absolute atomic E-state index is 0.270. The van der Waals surface area contributed by atoms with Gasteiger partial charge in [0.1, 0.15) is 0 Å². The van der Waals surface area contributed by atoms with Crippen LogP contribution in [0.15, 0.2) is 59.5 Å². The van der Waals surface area contributed by atoms with Crippen LogP contribution in [0.1, 0.15) is 11.5 Å². The molecule has 3 rings (SSSR count). The van der Waals surface area contributed by atoms with E-state index >= 15 is 0 Å². The summed E-state index contributed by atoms with van der Waals surface area (Å²) in [7, 11) is -3.49. The Kier molecular flexibility index (Phi) is 3.48. The third kappa shape index (κ3) is 2.44. The van der Waals surface area contributed by atoms with E-state index in [4.69, 9.17) is 11.6 Å². The van der Waals surface area contributed by atoms with Gasteiger partial charge in [0.15, 0.2) is 9.84 Å². The van der Waals surface area contributed by atoms with Crippen LogP contribution in [-0.2, 0) is 9.84 Å². The highest BCUT2D eigenvalue weighted by Crippen LogP contribution is 2.53. The minimum Gasteiger partial charge on any atom is -0.223 e. The van der Waals surface area contributed by atoms with Gasteiger partial charge in [0.2, 0.25) is 0 Å². The van der Waals surface area contributed by atoms with Gasteiger partial charge in [0.05, 0.1) is 22.1 Å². The van der Waals surface area contributed by atoms with E-state index in [0.717, 1.165) is 5.56 Å². The minimum atomic E-state index is -3.49. The van der Waals surface area contributed by atoms with Crippen molar-refractivity contribution < 1.29 is 8.42 Å². The Labute approximate surface area is 128 Å². The van der Waals surface area contributed by atoms with E-state index in [1.807, 2.05) is 0 Å². The predicted octanol–water partition coefficient (Wildman–Crippen LogP) is 3.42. The summed E-state index contributed by atoms with van der Waals surface area (Å²) in [5.74, 6) is -0.783. The lowest BCUT2D eigenvalue weighted by molar-refractivity contribution is 0.593. The van der Waals surface area contributed by atoms with Gasteiger partial charge in [0.25, 0.3) is 0 Å². The van der Waals surface area contributed by atoms with Crippen LogP contribution in [0.5, 0.6) is 0 Å². The first-order valence-corrected chi connectivity index (χ1v) is 8.42. The zero-order valence-electron chi connectivity index (χ0n) is 11.0. The summed E-state index contributed by atoms with van der Waals surface area (Å²) >= 11 is 5.85. The molecular formula is C16H12ClNO2S. The number of nitrogens with zero attached hydrogens (tertiary/aromatic N) is 1. The molecule has 0 heterocycles. The third-order valence-corrected chi connectivity index (χ3v) is 6.27. The molecule has 0 saturated heterocycles. The van der Waals surface area contributed by atoms with Crippen molar-refractivity contribution in [3.8, 4) is 6.07 Å². The first kappa shape index (κ1) is 14.1. The lowest BCUT2D eigenvalue weighted by Gasteiger charge is -2.03. The molecule has 0 aromatic heterocycles. The van der Waals surface area contributed by atoms with Gasteiger partial charge in [0, 0.05) is 10.9 Å². The molecule has 21 heavy (non-hydrogen) atoms. The van der Waals surface area contributed by atoms with Crippen molar-refractivity contribution in [1.82, 2.24) is 0 Å². The van der Waals surface area contributed by atoms with Crippen LogP contribution in [0, 0.1) is 17.2 Å². The first-order chi connectivity index (χ1) is 10.1. The van der Waals surface area contributed by atoms with Crippen molar-refractivity contribution >= 4 is 21.4 Å². The Bertz CT molecular complexity index is 794. The molecule has 1 fully saturated rings. The molecule has 2 aromatic carbocycles. The van der Waals surface area contributed by atoms with Gasteiger partial charge in [-0.3, -0.25) is 0 Å². The molecule has 0 N–H and O–H groups in total. The van der Waals surface area contributed by atoms with Crippen molar-refractivity contribution in [2.45, 2.75) is 16.1 Å². The van der Waals surface area contributed by atoms with Crippen LogP contribution >= 0.6 is 11.6 Å². The molecule has 3 atom stereocenters. The van der Waals surface area contributed by atoms with Crippen molar-refractivity contribution in [2.24, 2.45) is 5.92 Å². The molecule has 3 nitrogen and oxygen atoms in total. The van der Waals surface area contributed by atoms with E-state index in [1.54, 1.807) is 54.6 Å². The second-order valence-electron chi connectivity index (χ2n) is 5.05. The Balaban J connectivity index is 1.96. The Morgan fingerprint density at radius 3 is 2.19 bits per heavy atom. The smallest absolute Gasteiger partial charge is 0.183 e. The fourth-order valence-corrected chi connectivity index (χ4v) is 4.89. The van der Waals surface area contributed by atoms with Gasteiger partial charge in [-0.15, -0.1) is 0 Å². The molecular weight excluding hydrogens is 306 g/mol. The van der Waals surface area contributed by atoms with E-state index in [1.165, 1.54) is 0 Å². The standard InChI is InChI=1S/C16H12ClNO2S/c17-12-8-6-11(7-9-12)15-14(10-18)16(15)21(19,20)13-4-2-1-3-5-13/h1-9,14-16H/t14-,15+,16+/m1/s1. The molecule has 0 amide bonds. The lowest BCUT2D eigenvalue weighted by Crippen LogP contribution is -2.10. The molecule has 0 bridgehead atoms. The van der Waals surface area contributed by atoms with Crippen LogP contribution in [0.4, 0.5) is 0 Å². The zero-order valence-corrected chi connectivity index (χ0v) is 12.6. The number of nitriles is 1. The number of rotatable bonds is 3. The monoisotopic (exact) mass is 317 g/mol. The third-order valence-electron chi connectivity index (χ3n) is 3.79. The number of benzene rings is 2. The SMILES string of the molecule is N#C[C@@H]1[C@H](c2ccc(Cl)cc2)[C@H]1S(=O)(=O)c1ccccc1. The van der Waals surface area contributed by atoms with Gasteiger partial charge in [-0.2, -0.15) is 5.26 Å². The molecule has 0 spiro atoms. The summed E-state index contributed by atoms with van der Waals surface area (Å²) in [4.78, 5) is 0.270. The van der Waals surface area contributed by atoms with E-state index in [2.05, 4.69) is 6.07 Å². The van der Waals surface area contributed by atoms with Crippen LogP contribution in [0.3, 0.4) is 0 Å². The van der Waals surface area contributed by atoms with E-state index < -0.39 is 21.0 Å². The molecule has 106 valence electrons. The van der Waals surface area contributed by atoms with Gasteiger partial charge < -0.3 is 0 Å². The maximum atomic E-state index is 12.6. The van der Waals surface area contributed by atoms with E-state index in [0.29, 0.717) is 5.02 Å². The van der Waals surface area contributed by atoms with Crippen molar-refractivity contribution in [2.75, 3.05) is 0 Å². The molecule has 0 radical (unpaired) electrons. The van der Waals surface area contributed by atoms with Crippen molar-refractivity contribution in [3.05, 3.63) is 65.2 Å². The van der Waals surface area contributed by atoms with Crippen molar-refractivity contribution in [1.29, 1.82) is 5.26 Å². The quantitative estimate of drug-likeness (QED) is 0.871. The summed E-state index contributed by atoms with van der Waals surface area (Å²) in [6, 6.07) is 17.4. The molecule has 1 aliphatic carbocycles. The van der Waals surface area contributed by atoms with E-state index in [9.17, 15) is 13.7 Å². The summed E-state index contributed by atoms with van der Waals surface area (Å²) in [6.07, 6.45) is 0. The van der Waals surface area contributed by atoms with Crippen LogP contribution in [0.2, 0.25) is 5.02 Å². The summed E-state index contributed by atoms with van der Waals surface area (Å²) < 4.78 is 25.3.